The minimum absolute atomic E-state index is 0.156. The van der Waals surface area contributed by atoms with Gasteiger partial charge in [0.05, 0.1) is 12.2 Å². The summed E-state index contributed by atoms with van der Waals surface area (Å²) in [5, 5.41) is 3.09. The minimum Gasteiger partial charge on any atom is -0.487 e. The molecule has 0 spiro atoms. The number of anilines is 1. The molecule has 12 heavy (non-hydrogen) atoms. The third-order valence-electron chi connectivity index (χ3n) is 1.85. The zero-order valence-electron chi connectivity index (χ0n) is 6.80. The predicted molar refractivity (Wildman–Crippen MR) is 45.0 cm³/mol. The van der Waals surface area contributed by atoms with E-state index in [0.717, 1.165) is 18.0 Å². The standard InChI is InChI=1S/C9H10FNO/c1-6-5-11-8-4-7(10)2-3-9(8)12-6/h2-4,6,11H,5H2,1H3/t6-/m0/s1. The van der Waals surface area contributed by atoms with Gasteiger partial charge in [-0.3, -0.25) is 0 Å². The molecule has 2 rings (SSSR count). The molecular weight excluding hydrogens is 157 g/mol. The number of benzene rings is 1. The Morgan fingerprint density at radius 3 is 3.25 bits per heavy atom. The SMILES string of the molecule is C[C@H]1CNc2cc(F)ccc2O1. The first-order valence-corrected chi connectivity index (χ1v) is 3.96. The lowest BCUT2D eigenvalue weighted by Gasteiger charge is -2.24. The summed E-state index contributed by atoms with van der Waals surface area (Å²) in [5.41, 5.74) is 0.744. The largest absolute Gasteiger partial charge is 0.487 e. The number of rotatable bonds is 0. The zero-order valence-corrected chi connectivity index (χ0v) is 6.80. The Labute approximate surface area is 70.3 Å². The summed E-state index contributed by atoms with van der Waals surface area (Å²) < 4.78 is 18.2. The maximum Gasteiger partial charge on any atom is 0.143 e. The fraction of sp³-hybridized carbons (Fsp3) is 0.333. The molecule has 1 aliphatic rings. The van der Waals surface area contributed by atoms with Crippen LogP contribution in [0.15, 0.2) is 18.2 Å². The molecule has 0 radical (unpaired) electrons. The van der Waals surface area contributed by atoms with Crippen molar-refractivity contribution in [1.29, 1.82) is 0 Å². The first kappa shape index (κ1) is 7.40. The monoisotopic (exact) mass is 167 g/mol. The van der Waals surface area contributed by atoms with Crippen LogP contribution < -0.4 is 10.1 Å². The van der Waals surface area contributed by atoms with Gasteiger partial charge in [-0.15, -0.1) is 0 Å². The number of hydrogen-bond donors (Lipinski definition) is 1. The second kappa shape index (κ2) is 2.66. The maximum atomic E-state index is 12.7. The molecule has 1 aromatic carbocycles. The molecule has 2 nitrogen and oxygen atoms in total. The van der Waals surface area contributed by atoms with E-state index in [2.05, 4.69) is 5.32 Å². The first-order valence-electron chi connectivity index (χ1n) is 3.96. The van der Waals surface area contributed by atoms with E-state index in [1.54, 1.807) is 6.07 Å². The summed E-state index contributed by atoms with van der Waals surface area (Å²) in [6, 6.07) is 4.49. The molecule has 0 aliphatic carbocycles. The fourth-order valence-corrected chi connectivity index (χ4v) is 1.26. The van der Waals surface area contributed by atoms with Crippen LogP contribution in [-0.4, -0.2) is 12.6 Å². The topological polar surface area (TPSA) is 21.3 Å². The lowest BCUT2D eigenvalue weighted by molar-refractivity contribution is 0.225. The minimum atomic E-state index is -0.237. The summed E-state index contributed by atoms with van der Waals surface area (Å²) in [6.07, 6.45) is 0.156. The van der Waals surface area contributed by atoms with Gasteiger partial charge in [0, 0.05) is 6.07 Å². The molecule has 1 heterocycles. The van der Waals surface area contributed by atoms with Crippen molar-refractivity contribution >= 4 is 5.69 Å². The lowest BCUT2D eigenvalue weighted by atomic mass is 10.2. The first-order chi connectivity index (χ1) is 5.75. The molecule has 0 amide bonds. The summed E-state index contributed by atoms with van der Waals surface area (Å²) in [4.78, 5) is 0. The van der Waals surface area contributed by atoms with E-state index in [4.69, 9.17) is 4.74 Å². The Morgan fingerprint density at radius 2 is 2.42 bits per heavy atom. The van der Waals surface area contributed by atoms with Crippen molar-refractivity contribution in [2.45, 2.75) is 13.0 Å². The van der Waals surface area contributed by atoms with Crippen molar-refractivity contribution in [2.75, 3.05) is 11.9 Å². The van der Waals surface area contributed by atoms with Gasteiger partial charge in [0.2, 0.25) is 0 Å². The van der Waals surface area contributed by atoms with E-state index < -0.39 is 0 Å². The van der Waals surface area contributed by atoms with Crippen molar-refractivity contribution in [2.24, 2.45) is 0 Å². The van der Waals surface area contributed by atoms with Gasteiger partial charge in [-0.05, 0) is 19.1 Å². The van der Waals surface area contributed by atoms with Crippen LogP contribution in [0.5, 0.6) is 5.75 Å². The Morgan fingerprint density at radius 1 is 1.58 bits per heavy atom. The molecule has 0 aromatic heterocycles. The average molecular weight is 167 g/mol. The third kappa shape index (κ3) is 1.22. The van der Waals surface area contributed by atoms with Crippen LogP contribution in [0.4, 0.5) is 10.1 Å². The normalized spacial score (nSPS) is 20.7. The van der Waals surface area contributed by atoms with Gasteiger partial charge in [0.15, 0.2) is 0 Å². The van der Waals surface area contributed by atoms with Gasteiger partial charge in [-0.1, -0.05) is 0 Å². The smallest absolute Gasteiger partial charge is 0.143 e. The number of ether oxygens (including phenoxy) is 1. The fourth-order valence-electron chi connectivity index (χ4n) is 1.26. The summed E-state index contributed by atoms with van der Waals surface area (Å²) in [7, 11) is 0. The van der Waals surface area contributed by atoms with Crippen molar-refractivity contribution < 1.29 is 9.13 Å². The van der Waals surface area contributed by atoms with Gasteiger partial charge in [-0.2, -0.15) is 0 Å². The number of halogens is 1. The highest BCUT2D eigenvalue weighted by atomic mass is 19.1. The Bertz CT molecular complexity index is 301. The summed E-state index contributed by atoms with van der Waals surface area (Å²) >= 11 is 0. The van der Waals surface area contributed by atoms with Gasteiger partial charge < -0.3 is 10.1 Å². The van der Waals surface area contributed by atoms with Gasteiger partial charge in [-0.25, -0.2) is 4.39 Å². The molecule has 3 heteroatoms. The molecule has 1 aliphatic heterocycles. The highest BCUT2D eigenvalue weighted by Gasteiger charge is 2.14. The Kier molecular flexibility index (Phi) is 1.64. The van der Waals surface area contributed by atoms with Crippen molar-refractivity contribution in [3.05, 3.63) is 24.0 Å². The number of hydrogen-bond acceptors (Lipinski definition) is 2. The summed E-state index contributed by atoms with van der Waals surface area (Å²) in [5.74, 6) is 0.495. The molecule has 64 valence electrons. The quantitative estimate of drug-likeness (QED) is 0.638. The van der Waals surface area contributed by atoms with Crippen molar-refractivity contribution in [3.63, 3.8) is 0 Å². The van der Waals surface area contributed by atoms with E-state index >= 15 is 0 Å². The van der Waals surface area contributed by atoms with Crippen LogP contribution >= 0.6 is 0 Å². The predicted octanol–water partition coefficient (Wildman–Crippen LogP) is 2.02. The zero-order chi connectivity index (χ0) is 8.55. The van der Waals surface area contributed by atoms with Crippen LogP contribution in [0, 0.1) is 5.82 Å². The molecule has 0 fully saturated rings. The molecule has 1 aromatic rings. The van der Waals surface area contributed by atoms with E-state index in [1.807, 2.05) is 6.92 Å². The van der Waals surface area contributed by atoms with Gasteiger partial charge in [0.1, 0.15) is 17.7 Å². The Hall–Kier alpha value is -1.25. The highest BCUT2D eigenvalue weighted by molar-refractivity contribution is 5.57. The molecule has 1 N–H and O–H groups in total. The number of fused-ring (bicyclic) bond motifs is 1. The van der Waals surface area contributed by atoms with Crippen LogP contribution in [0.2, 0.25) is 0 Å². The van der Waals surface area contributed by atoms with E-state index in [0.29, 0.717) is 0 Å². The third-order valence-corrected chi connectivity index (χ3v) is 1.85. The van der Waals surface area contributed by atoms with E-state index in [1.165, 1.54) is 12.1 Å². The van der Waals surface area contributed by atoms with Crippen LogP contribution in [0.3, 0.4) is 0 Å². The second-order valence-corrected chi connectivity index (χ2v) is 2.95. The van der Waals surface area contributed by atoms with Crippen LogP contribution in [0.1, 0.15) is 6.92 Å². The molecule has 0 saturated carbocycles. The van der Waals surface area contributed by atoms with Gasteiger partial charge in [0.25, 0.3) is 0 Å². The summed E-state index contributed by atoms with van der Waals surface area (Å²) in [6.45, 7) is 2.70. The second-order valence-electron chi connectivity index (χ2n) is 2.95. The molecule has 1 atom stereocenters. The molecule has 0 saturated heterocycles. The van der Waals surface area contributed by atoms with Gasteiger partial charge >= 0.3 is 0 Å². The molecule has 0 unspecified atom stereocenters. The van der Waals surface area contributed by atoms with E-state index in [-0.39, 0.29) is 11.9 Å². The van der Waals surface area contributed by atoms with Crippen molar-refractivity contribution in [1.82, 2.24) is 0 Å². The van der Waals surface area contributed by atoms with E-state index in [9.17, 15) is 4.39 Å². The molecule has 0 bridgehead atoms. The molecular formula is C9H10FNO. The lowest BCUT2D eigenvalue weighted by Crippen LogP contribution is -2.27. The maximum absolute atomic E-state index is 12.7. The number of nitrogens with one attached hydrogen (secondary N) is 1. The average Bonchev–Trinajstić information content (AvgIpc) is 2.05. The highest BCUT2D eigenvalue weighted by Crippen LogP contribution is 2.29. The van der Waals surface area contributed by atoms with Crippen molar-refractivity contribution in [3.8, 4) is 5.75 Å². The van der Waals surface area contributed by atoms with Crippen LogP contribution in [0.25, 0.3) is 0 Å². The van der Waals surface area contributed by atoms with Crippen LogP contribution in [-0.2, 0) is 0 Å². The Balaban J connectivity index is 2.37.